The number of carbonyl (C=O) groups excluding carboxylic acids is 1. The van der Waals surface area contributed by atoms with Crippen LogP contribution in [0.4, 0.5) is 17.6 Å². The van der Waals surface area contributed by atoms with E-state index in [0.29, 0.717) is 5.56 Å². The molecular formula is C14H9F4NO2. The zero-order valence-electron chi connectivity index (χ0n) is 10.7. The first-order chi connectivity index (χ1) is 9.82. The molecule has 2 aromatic rings. The number of hydrogen-bond donors (Lipinski definition) is 0. The Morgan fingerprint density at radius 3 is 2.24 bits per heavy atom. The van der Waals surface area contributed by atoms with E-state index in [-0.39, 0.29) is 5.69 Å². The lowest BCUT2D eigenvalue weighted by atomic mass is 10.1. The highest BCUT2D eigenvalue weighted by atomic mass is 19.4. The van der Waals surface area contributed by atoms with Crippen molar-refractivity contribution in [1.82, 2.24) is 4.98 Å². The van der Waals surface area contributed by atoms with Crippen LogP contribution in [0.15, 0.2) is 36.4 Å². The van der Waals surface area contributed by atoms with Crippen molar-refractivity contribution >= 4 is 5.97 Å². The van der Waals surface area contributed by atoms with E-state index in [0.717, 1.165) is 25.3 Å². The van der Waals surface area contributed by atoms with Crippen LogP contribution in [-0.4, -0.2) is 18.1 Å². The number of hydrogen-bond acceptors (Lipinski definition) is 3. The number of aromatic nitrogens is 1. The van der Waals surface area contributed by atoms with Gasteiger partial charge in [-0.25, -0.2) is 14.2 Å². The SMILES string of the molecule is COC(=O)c1nc(-c2ccc(C(F)(F)F)cc2)ccc1F. The number of pyridine rings is 1. The van der Waals surface area contributed by atoms with Gasteiger partial charge in [-0.1, -0.05) is 12.1 Å². The number of esters is 1. The predicted molar refractivity (Wildman–Crippen MR) is 66.0 cm³/mol. The summed E-state index contributed by atoms with van der Waals surface area (Å²) in [5, 5.41) is 0. The normalized spacial score (nSPS) is 11.3. The molecule has 0 saturated carbocycles. The Hall–Kier alpha value is -2.44. The van der Waals surface area contributed by atoms with Gasteiger partial charge >= 0.3 is 12.1 Å². The van der Waals surface area contributed by atoms with E-state index in [1.54, 1.807) is 0 Å². The molecule has 0 N–H and O–H groups in total. The molecule has 2 rings (SSSR count). The van der Waals surface area contributed by atoms with Crippen LogP contribution in [0.3, 0.4) is 0 Å². The number of nitrogens with zero attached hydrogens (tertiary/aromatic N) is 1. The van der Waals surface area contributed by atoms with Crippen LogP contribution in [0.25, 0.3) is 11.3 Å². The maximum atomic E-state index is 13.4. The van der Waals surface area contributed by atoms with Crippen molar-refractivity contribution < 1.29 is 27.1 Å². The summed E-state index contributed by atoms with van der Waals surface area (Å²) >= 11 is 0. The second-order valence-corrected chi connectivity index (χ2v) is 4.09. The second kappa shape index (κ2) is 5.51. The van der Waals surface area contributed by atoms with Gasteiger partial charge in [-0.05, 0) is 24.3 Å². The minimum absolute atomic E-state index is 0.172. The third-order valence-corrected chi connectivity index (χ3v) is 2.73. The molecule has 1 aromatic carbocycles. The van der Waals surface area contributed by atoms with Gasteiger partial charge in [-0.15, -0.1) is 0 Å². The van der Waals surface area contributed by atoms with Gasteiger partial charge in [0.15, 0.2) is 11.5 Å². The second-order valence-electron chi connectivity index (χ2n) is 4.09. The molecule has 0 unspecified atom stereocenters. The Bertz CT molecular complexity index is 666. The molecular weight excluding hydrogens is 290 g/mol. The van der Waals surface area contributed by atoms with Gasteiger partial charge in [0.1, 0.15) is 0 Å². The first-order valence-corrected chi connectivity index (χ1v) is 5.75. The molecule has 7 heteroatoms. The highest BCUT2D eigenvalue weighted by Gasteiger charge is 2.30. The van der Waals surface area contributed by atoms with Crippen molar-refractivity contribution in [2.75, 3.05) is 7.11 Å². The van der Waals surface area contributed by atoms with Crippen LogP contribution in [0.2, 0.25) is 0 Å². The summed E-state index contributed by atoms with van der Waals surface area (Å²) in [6, 6.07) is 6.45. The van der Waals surface area contributed by atoms with Crippen molar-refractivity contribution in [1.29, 1.82) is 0 Å². The highest BCUT2D eigenvalue weighted by molar-refractivity contribution is 5.88. The Labute approximate surface area is 117 Å². The van der Waals surface area contributed by atoms with Crippen LogP contribution >= 0.6 is 0 Å². The largest absolute Gasteiger partial charge is 0.464 e. The monoisotopic (exact) mass is 299 g/mol. The van der Waals surface area contributed by atoms with Crippen molar-refractivity contribution in [2.45, 2.75) is 6.18 Å². The predicted octanol–water partition coefficient (Wildman–Crippen LogP) is 3.69. The standard InChI is InChI=1S/C14H9F4NO2/c1-21-13(20)12-10(15)6-7-11(19-12)8-2-4-9(5-3-8)14(16,17)18/h2-7H,1H3. The highest BCUT2D eigenvalue weighted by Crippen LogP contribution is 2.30. The lowest BCUT2D eigenvalue weighted by molar-refractivity contribution is -0.137. The van der Waals surface area contributed by atoms with Crippen LogP contribution in [0, 0.1) is 5.82 Å². The fourth-order valence-corrected chi connectivity index (χ4v) is 1.67. The summed E-state index contributed by atoms with van der Waals surface area (Å²) in [6.45, 7) is 0. The van der Waals surface area contributed by atoms with Crippen LogP contribution in [-0.2, 0) is 10.9 Å². The van der Waals surface area contributed by atoms with Crippen molar-refractivity contribution in [2.24, 2.45) is 0 Å². The minimum atomic E-state index is -4.44. The Balaban J connectivity index is 2.41. The zero-order valence-corrected chi connectivity index (χ0v) is 10.7. The molecule has 0 spiro atoms. The number of carbonyl (C=O) groups is 1. The van der Waals surface area contributed by atoms with Gasteiger partial charge in [0, 0.05) is 5.56 Å². The van der Waals surface area contributed by atoms with Crippen LogP contribution in [0.5, 0.6) is 0 Å². The minimum Gasteiger partial charge on any atom is -0.464 e. The Morgan fingerprint density at radius 1 is 1.10 bits per heavy atom. The number of ether oxygens (including phenoxy) is 1. The summed E-state index contributed by atoms with van der Waals surface area (Å²) < 4.78 is 55.2. The Morgan fingerprint density at radius 2 is 1.71 bits per heavy atom. The quantitative estimate of drug-likeness (QED) is 0.627. The average Bonchev–Trinajstić information content (AvgIpc) is 2.46. The van der Waals surface area contributed by atoms with E-state index in [1.165, 1.54) is 18.2 Å². The van der Waals surface area contributed by atoms with E-state index in [4.69, 9.17) is 0 Å². The topological polar surface area (TPSA) is 39.2 Å². The van der Waals surface area contributed by atoms with Crippen LogP contribution < -0.4 is 0 Å². The molecule has 0 aliphatic carbocycles. The molecule has 110 valence electrons. The third kappa shape index (κ3) is 3.18. The fraction of sp³-hybridized carbons (Fsp3) is 0.143. The summed E-state index contributed by atoms with van der Waals surface area (Å²) in [5.74, 6) is -1.82. The van der Waals surface area contributed by atoms with Gasteiger partial charge in [0.25, 0.3) is 0 Å². The number of rotatable bonds is 2. The summed E-state index contributed by atoms with van der Waals surface area (Å²) in [7, 11) is 1.08. The third-order valence-electron chi connectivity index (χ3n) is 2.73. The van der Waals surface area contributed by atoms with Crippen molar-refractivity contribution in [3.05, 3.63) is 53.5 Å². The van der Waals surface area contributed by atoms with E-state index >= 15 is 0 Å². The number of methoxy groups -OCH3 is 1. The summed E-state index contributed by atoms with van der Waals surface area (Å²) in [6.07, 6.45) is -4.44. The van der Waals surface area contributed by atoms with Gasteiger partial charge < -0.3 is 4.74 Å². The summed E-state index contributed by atoms with van der Waals surface area (Å²) in [5.41, 5.74) is -0.824. The molecule has 0 fully saturated rings. The van der Waals surface area contributed by atoms with Gasteiger partial charge in [0.2, 0.25) is 0 Å². The first kappa shape index (κ1) is 15.0. The van der Waals surface area contributed by atoms with E-state index in [9.17, 15) is 22.4 Å². The number of alkyl halides is 3. The van der Waals surface area contributed by atoms with E-state index < -0.39 is 29.2 Å². The lowest BCUT2D eigenvalue weighted by Crippen LogP contribution is -2.08. The van der Waals surface area contributed by atoms with Gasteiger partial charge in [-0.2, -0.15) is 13.2 Å². The lowest BCUT2D eigenvalue weighted by Gasteiger charge is -2.08. The Kier molecular flexibility index (Phi) is 3.93. The van der Waals surface area contributed by atoms with E-state index in [1.807, 2.05) is 0 Å². The molecule has 0 saturated heterocycles. The molecule has 0 radical (unpaired) electrons. The molecule has 0 bridgehead atoms. The van der Waals surface area contributed by atoms with Gasteiger partial charge in [-0.3, -0.25) is 0 Å². The summed E-state index contributed by atoms with van der Waals surface area (Å²) in [4.78, 5) is 15.1. The molecule has 0 aliphatic rings. The van der Waals surface area contributed by atoms with Crippen LogP contribution in [0.1, 0.15) is 16.1 Å². The molecule has 0 amide bonds. The number of halogens is 4. The maximum absolute atomic E-state index is 13.4. The molecule has 0 atom stereocenters. The van der Waals surface area contributed by atoms with E-state index in [2.05, 4.69) is 9.72 Å². The molecule has 21 heavy (non-hydrogen) atoms. The average molecular weight is 299 g/mol. The number of benzene rings is 1. The van der Waals surface area contributed by atoms with Crippen molar-refractivity contribution in [3.63, 3.8) is 0 Å². The fourth-order valence-electron chi connectivity index (χ4n) is 1.67. The zero-order chi connectivity index (χ0) is 15.6. The maximum Gasteiger partial charge on any atom is 0.416 e. The first-order valence-electron chi connectivity index (χ1n) is 5.75. The smallest absolute Gasteiger partial charge is 0.416 e. The molecule has 0 aliphatic heterocycles. The molecule has 3 nitrogen and oxygen atoms in total. The molecule has 1 aromatic heterocycles. The van der Waals surface area contributed by atoms with Crippen molar-refractivity contribution in [3.8, 4) is 11.3 Å². The van der Waals surface area contributed by atoms with Gasteiger partial charge in [0.05, 0.1) is 18.4 Å². The molecule has 1 heterocycles.